The molecule has 0 bridgehead atoms. The highest BCUT2D eigenvalue weighted by atomic mass is 19.4. The number of alkyl halides is 3. The molecule has 106 valence electrons. The zero-order valence-corrected chi connectivity index (χ0v) is 10.3. The molecule has 0 saturated heterocycles. The molecule has 0 aliphatic rings. The van der Waals surface area contributed by atoms with Crippen molar-refractivity contribution >= 4 is 5.91 Å². The summed E-state index contributed by atoms with van der Waals surface area (Å²) >= 11 is 0. The van der Waals surface area contributed by atoms with E-state index >= 15 is 0 Å². The van der Waals surface area contributed by atoms with Gasteiger partial charge in [0, 0.05) is 13.1 Å². The van der Waals surface area contributed by atoms with Gasteiger partial charge in [-0.15, -0.1) is 0 Å². The highest BCUT2D eigenvalue weighted by Gasteiger charge is 2.31. The predicted molar refractivity (Wildman–Crippen MR) is 61.8 cm³/mol. The summed E-state index contributed by atoms with van der Waals surface area (Å²) in [6.07, 6.45) is -4.59. The van der Waals surface area contributed by atoms with E-state index in [1.54, 1.807) is 6.92 Å². The molecule has 0 aliphatic heterocycles. The van der Waals surface area contributed by atoms with Gasteiger partial charge in [0.15, 0.2) is 0 Å². The Balaban J connectivity index is 2.64. The summed E-state index contributed by atoms with van der Waals surface area (Å²) in [6, 6.07) is 2.29. The molecule has 1 aromatic carbocycles. The van der Waals surface area contributed by atoms with E-state index in [2.05, 4.69) is 10.6 Å². The van der Waals surface area contributed by atoms with Crippen LogP contribution in [0.5, 0.6) is 0 Å². The molecule has 1 rings (SSSR count). The van der Waals surface area contributed by atoms with Crippen molar-refractivity contribution in [2.45, 2.75) is 19.6 Å². The van der Waals surface area contributed by atoms with E-state index in [0.29, 0.717) is 12.6 Å². The fraction of sp³-hybridized carbons (Fsp3) is 0.417. The summed E-state index contributed by atoms with van der Waals surface area (Å²) in [4.78, 5) is 11.1. The number of carbonyl (C=O) groups is 1. The van der Waals surface area contributed by atoms with Crippen LogP contribution in [0.2, 0.25) is 0 Å². The first-order valence-electron chi connectivity index (χ1n) is 5.67. The van der Waals surface area contributed by atoms with E-state index < -0.39 is 17.6 Å². The normalized spacial score (nSPS) is 11.4. The molecule has 19 heavy (non-hydrogen) atoms. The van der Waals surface area contributed by atoms with Crippen molar-refractivity contribution in [2.75, 3.05) is 13.1 Å². The molecule has 0 unspecified atom stereocenters. The Morgan fingerprint density at radius 2 is 1.95 bits per heavy atom. The summed E-state index contributed by atoms with van der Waals surface area (Å²) in [5.74, 6) is -1.22. The third-order valence-corrected chi connectivity index (χ3v) is 2.27. The van der Waals surface area contributed by atoms with Gasteiger partial charge in [0.1, 0.15) is 5.82 Å². The fourth-order valence-electron chi connectivity index (χ4n) is 1.50. The van der Waals surface area contributed by atoms with Crippen molar-refractivity contribution in [1.82, 2.24) is 10.6 Å². The summed E-state index contributed by atoms with van der Waals surface area (Å²) in [6.45, 7) is 2.17. The zero-order chi connectivity index (χ0) is 14.5. The van der Waals surface area contributed by atoms with Gasteiger partial charge in [0.2, 0.25) is 5.91 Å². The van der Waals surface area contributed by atoms with Gasteiger partial charge in [0.05, 0.1) is 12.1 Å². The molecule has 0 heterocycles. The Bertz CT molecular complexity index is 446. The third-order valence-electron chi connectivity index (χ3n) is 2.27. The second kappa shape index (κ2) is 6.51. The van der Waals surface area contributed by atoms with Gasteiger partial charge in [-0.25, -0.2) is 4.39 Å². The van der Waals surface area contributed by atoms with Crippen molar-refractivity contribution < 1.29 is 22.4 Å². The SMILES string of the molecule is CCNC(=O)CNCc1cc(F)cc(C(F)(F)F)c1. The maximum Gasteiger partial charge on any atom is 0.416 e. The molecule has 7 heteroatoms. The van der Waals surface area contributed by atoms with Gasteiger partial charge in [0.25, 0.3) is 0 Å². The van der Waals surface area contributed by atoms with Crippen molar-refractivity contribution in [3.8, 4) is 0 Å². The average Bonchev–Trinajstić information content (AvgIpc) is 2.27. The minimum absolute atomic E-state index is 0.0159. The summed E-state index contributed by atoms with van der Waals surface area (Å²) < 4.78 is 50.4. The van der Waals surface area contributed by atoms with Crippen LogP contribution in [0.4, 0.5) is 17.6 Å². The Kier molecular flexibility index (Phi) is 5.29. The van der Waals surface area contributed by atoms with Crippen LogP contribution in [0.15, 0.2) is 18.2 Å². The number of halogens is 4. The number of nitrogens with one attached hydrogen (secondary N) is 2. The second-order valence-electron chi connectivity index (χ2n) is 3.90. The van der Waals surface area contributed by atoms with Gasteiger partial charge >= 0.3 is 6.18 Å². The molecule has 0 atom stereocenters. The van der Waals surface area contributed by atoms with Crippen molar-refractivity contribution in [1.29, 1.82) is 0 Å². The Hall–Kier alpha value is -1.63. The van der Waals surface area contributed by atoms with Gasteiger partial charge in [-0.3, -0.25) is 4.79 Å². The fourth-order valence-corrected chi connectivity index (χ4v) is 1.50. The first-order valence-corrected chi connectivity index (χ1v) is 5.67. The lowest BCUT2D eigenvalue weighted by Crippen LogP contribution is -2.33. The molecular weight excluding hydrogens is 264 g/mol. The Morgan fingerprint density at radius 1 is 1.26 bits per heavy atom. The zero-order valence-electron chi connectivity index (χ0n) is 10.3. The second-order valence-corrected chi connectivity index (χ2v) is 3.90. The van der Waals surface area contributed by atoms with Crippen LogP contribution in [0.1, 0.15) is 18.1 Å². The van der Waals surface area contributed by atoms with E-state index in [9.17, 15) is 22.4 Å². The van der Waals surface area contributed by atoms with Crippen LogP contribution in [-0.2, 0) is 17.5 Å². The van der Waals surface area contributed by atoms with E-state index in [1.807, 2.05) is 0 Å². The molecule has 0 radical (unpaired) electrons. The lowest BCUT2D eigenvalue weighted by atomic mass is 10.1. The molecular formula is C12H14F4N2O. The van der Waals surface area contributed by atoms with Gasteiger partial charge in [-0.05, 0) is 30.7 Å². The molecule has 0 fully saturated rings. The van der Waals surface area contributed by atoms with Gasteiger partial charge in [-0.2, -0.15) is 13.2 Å². The minimum Gasteiger partial charge on any atom is -0.355 e. The van der Waals surface area contributed by atoms with E-state index in [-0.39, 0.29) is 24.6 Å². The van der Waals surface area contributed by atoms with Gasteiger partial charge in [-0.1, -0.05) is 0 Å². The molecule has 0 aliphatic carbocycles. The third kappa shape index (κ3) is 5.25. The molecule has 0 saturated carbocycles. The highest BCUT2D eigenvalue weighted by molar-refractivity contribution is 5.77. The minimum atomic E-state index is -4.59. The number of benzene rings is 1. The highest BCUT2D eigenvalue weighted by Crippen LogP contribution is 2.30. The van der Waals surface area contributed by atoms with E-state index in [4.69, 9.17) is 0 Å². The predicted octanol–water partition coefficient (Wildman–Crippen LogP) is 2.07. The summed E-state index contributed by atoms with van der Waals surface area (Å²) in [5, 5.41) is 5.17. The largest absolute Gasteiger partial charge is 0.416 e. The number of amides is 1. The summed E-state index contributed by atoms with van der Waals surface area (Å²) in [5.41, 5.74) is -0.904. The van der Waals surface area contributed by atoms with Crippen LogP contribution in [0.25, 0.3) is 0 Å². The number of hydrogen-bond donors (Lipinski definition) is 2. The Labute approximate surface area is 108 Å². The number of hydrogen-bond acceptors (Lipinski definition) is 2. The standard InChI is InChI=1S/C12H14F4N2O/c1-2-18-11(19)7-17-6-8-3-9(12(14,15)16)5-10(13)4-8/h3-5,17H,2,6-7H2,1H3,(H,18,19). The quantitative estimate of drug-likeness (QED) is 0.810. The maximum atomic E-state index is 13.1. The first kappa shape index (κ1) is 15.4. The molecule has 0 aromatic heterocycles. The van der Waals surface area contributed by atoms with Crippen LogP contribution >= 0.6 is 0 Å². The smallest absolute Gasteiger partial charge is 0.355 e. The topological polar surface area (TPSA) is 41.1 Å². The monoisotopic (exact) mass is 278 g/mol. The van der Waals surface area contributed by atoms with Crippen molar-refractivity contribution in [3.63, 3.8) is 0 Å². The lowest BCUT2D eigenvalue weighted by molar-refractivity contribution is -0.137. The number of rotatable bonds is 5. The maximum absolute atomic E-state index is 13.1. The average molecular weight is 278 g/mol. The molecule has 3 nitrogen and oxygen atoms in total. The lowest BCUT2D eigenvalue weighted by Gasteiger charge is -2.10. The molecule has 2 N–H and O–H groups in total. The first-order chi connectivity index (χ1) is 8.82. The van der Waals surface area contributed by atoms with E-state index in [1.165, 1.54) is 0 Å². The molecule has 1 aromatic rings. The van der Waals surface area contributed by atoms with Gasteiger partial charge < -0.3 is 10.6 Å². The van der Waals surface area contributed by atoms with Crippen LogP contribution < -0.4 is 10.6 Å². The van der Waals surface area contributed by atoms with Crippen molar-refractivity contribution in [2.24, 2.45) is 0 Å². The Morgan fingerprint density at radius 3 is 2.53 bits per heavy atom. The van der Waals surface area contributed by atoms with E-state index in [0.717, 1.165) is 12.1 Å². The summed E-state index contributed by atoms with van der Waals surface area (Å²) in [7, 11) is 0. The number of likely N-dealkylation sites (N-methyl/N-ethyl adjacent to an activating group) is 1. The van der Waals surface area contributed by atoms with Crippen LogP contribution in [0, 0.1) is 5.82 Å². The molecule has 0 spiro atoms. The van der Waals surface area contributed by atoms with Crippen molar-refractivity contribution in [3.05, 3.63) is 35.1 Å². The molecule has 1 amide bonds. The number of carbonyl (C=O) groups excluding carboxylic acids is 1. The van der Waals surface area contributed by atoms with Crippen LogP contribution in [-0.4, -0.2) is 19.0 Å². The van der Waals surface area contributed by atoms with Crippen LogP contribution in [0.3, 0.4) is 0 Å².